The van der Waals surface area contributed by atoms with Crippen LogP contribution in [0.2, 0.25) is 0 Å². The molecule has 156 valence electrons. The highest BCUT2D eigenvalue weighted by molar-refractivity contribution is 6.03. The van der Waals surface area contributed by atoms with E-state index in [2.05, 4.69) is 25.1 Å². The number of anilines is 3. The Morgan fingerprint density at radius 1 is 1.10 bits per heavy atom. The smallest absolute Gasteiger partial charge is 0.298 e. The first-order valence-electron chi connectivity index (χ1n) is 10.2. The Labute approximate surface area is 173 Å². The zero-order chi connectivity index (χ0) is 20.5. The van der Waals surface area contributed by atoms with Gasteiger partial charge >= 0.3 is 0 Å². The number of nitrogens with two attached hydrogens (primary N) is 1. The Balaban J connectivity index is 1.32. The summed E-state index contributed by atoms with van der Waals surface area (Å²) in [5.41, 5.74) is 8.35. The van der Waals surface area contributed by atoms with E-state index >= 15 is 0 Å². The van der Waals surface area contributed by atoms with Crippen LogP contribution in [0, 0.1) is 0 Å². The summed E-state index contributed by atoms with van der Waals surface area (Å²) in [6, 6.07) is 11.6. The number of nitrogens with zero attached hydrogens (tertiary/aromatic N) is 4. The van der Waals surface area contributed by atoms with Gasteiger partial charge in [0.1, 0.15) is 17.0 Å². The molecule has 2 aromatic heterocycles. The van der Waals surface area contributed by atoms with Gasteiger partial charge in [0.15, 0.2) is 5.58 Å². The topological polar surface area (TPSA) is 110 Å². The van der Waals surface area contributed by atoms with Crippen LogP contribution in [0.3, 0.4) is 0 Å². The number of carbonyl (C=O) groups excluding carboxylic acids is 1. The van der Waals surface area contributed by atoms with Crippen molar-refractivity contribution in [3.8, 4) is 0 Å². The second-order valence-electron chi connectivity index (χ2n) is 7.61. The predicted octanol–water partition coefficient (Wildman–Crippen LogP) is 1.85. The highest BCUT2D eigenvalue weighted by atomic mass is 16.5. The summed E-state index contributed by atoms with van der Waals surface area (Å²) in [5, 5.41) is 2.90. The van der Waals surface area contributed by atoms with Gasteiger partial charge in [0.25, 0.3) is 11.9 Å². The van der Waals surface area contributed by atoms with Crippen molar-refractivity contribution < 1.29 is 13.9 Å². The van der Waals surface area contributed by atoms with E-state index in [9.17, 15) is 4.79 Å². The summed E-state index contributed by atoms with van der Waals surface area (Å²) in [7, 11) is 0. The third kappa shape index (κ3) is 3.81. The van der Waals surface area contributed by atoms with Crippen LogP contribution in [0.5, 0.6) is 0 Å². The predicted molar refractivity (Wildman–Crippen MR) is 114 cm³/mol. The lowest BCUT2D eigenvalue weighted by molar-refractivity contribution is 0.102. The number of amides is 1. The van der Waals surface area contributed by atoms with E-state index < -0.39 is 0 Å². The molecule has 0 aliphatic carbocycles. The van der Waals surface area contributed by atoms with Gasteiger partial charge in [-0.15, -0.1) is 0 Å². The van der Waals surface area contributed by atoms with E-state index in [4.69, 9.17) is 14.9 Å². The first-order valence-corrected chi connectivity index (χ1v) is 10.2. The molecule has 0 unspecified atom stereocenters. The average Bonchev–Trinajstić information content (AvgIpc) is 3.40. The maximum atomic E-state index is 12.7. The highest BCUT2D eigenvalue weighted by Crippen LogP contribution is 2.26. The minimum atomic E-state index is -0.271. The van der Waals surface area contributed by atoms with Gasteiger partial charge in [0.05, 0.1) is 13.2 Å². The normalized spacial score (nSPS) is 19.4. The van der Waals surface area contributed by atoms with E-state index in [0.717, 1.165) is 43.9 Å². The SMILES string of the molecule is N[C@H]1CCN(c2cccc(C(=O)Nc3ccc4nc(N5CCOCC5)oc4c3)n2)C1. The molecule has 2 fully saturated rings. The Bertz CT molecular complexity index is 1060. The molecule has 9 heteroatoms. The van der Waals surface area contributed by atoms with Gasteiger partial charge in [-0.2, -0.15) is 4.98 Å². The van der Waals surface area contributed by atoms with Crippen LogP contribution in [0.4, 0.5) is 17.5 Å². The van der Waals surface area contributed by atoms with Crippen LogP contribution >= 0.6 is 0 Å². The molecule has 0 spiro atoms. The molecule has 2 aliphatic heterocycles. The minimum absolute atomic E-state index is 0.153. The first-order chi connectivity index (χ1) is 14.7. The zero-order valence-corrected chi connectivity index (χ0v) is 16.6. The number of morpholine rings is 1. The van der Waals surface area contributed by atoms with Crippen molar-refractivity contribution in [2.45, 2.75) is 12.5 Å². The molecule has 2 saturated heterocycles. The molecule has 0 radical (unpaired) electrons. The Kier molecular flexibility index (Phi) is 4.97. The molecule has 30 heavy (non-hydrogen) atoms. The summed E-state index contributed by atoms with van der Waals surface area (Å²) >= 11 is 0. The fourth-order valence-corrected chi connectivity index (χ4v) is 3.80. The van der Waals surface area contributed by atoms with E-state index in [1.807, 2.05) is 24.3 Å². The fraction of sp³-hybridized carbons (Fsp3) is 0.381. The Morgan fingerprint density at radius 3 is 2.77 bits per heavy atom. The van der Waals surface area contributed by atoms with Crippen LogP contribution in [0.1, 0.15) is 16.9 Å². The van der Waals surface area contributed by atoms with E-state index in [1.165, 1.54) is 0 Å². The molecule has 1 amide bonds. The van der Waals surface area contributed by atoms with Crippen molar-refractivity contribution in [1.82, 2.24) is 9.97 Å². The third-order valence-electron chi connectivity index (χ3n) is 5.43. The van der Waals surface area contributed by atoms with Crippen LogP contribution in [-0.4, -0.2) is 61.3 Å². The molecule has 0 bridgehead atoms. The van der Waals surface area contributed by atoms with Gasteiger partial charge < -0.3 is 30.0 Å². The van der Waals surface area contributed by atoms with Crippen LogP contribution < -0.4 is 20.9 Å². The lowest BCUT2D eigenvalue weighted by Crippen LogP contribution is -2.36. The van der Waals surface area contributed by atoms with E-state index in [-0.39, 0.29) is 11.9 Å². The molecule has 3 aromatic rings. The number of nitrogens with one attached hydrogen (secondary N) is 1. The lowest BCUT2D eigenvalue weighted by atomic mass is 10.2. The molecular weight excluding hydrogens is 384 g/mol. The van der Waals surface area contributed by atoms with Crippen molar-refractivity contribution in [3.05, 3.63) is 42.1 Å². The second kappa shape index (κ2) is 7.92. The van der Waals surface area contributed by atoms with Gasteiger partial charge in [0.2, 0.25) is 0 Å². The second-order valence-corrected chi connectivity index (χ2v) is 7.61. The number of oxazole rings is 1. The average molecular weight is 408 g/mol. The number of rotatable bonds is 4. The van der Waals surface area contributed by atoms with Crippen molar-refractivity contribution in [2.24, 2.45) is 5.73 Å². The standard InChI is InChI=1S/C21H24N6O3/c22-14-6-7-27(13-14)19-3-1-2-17(24-19)20(28)23-15-4-5-16-18(12-15)30-21(25-16)26-8-10-29-11-9-26/h1-5,12,14H,6-11,13,22H2,(H,23,28)/t14-/m0/s1. The molecule has 9 nitrogen and oxygen atoms in total. The molecular formula is C21H24N6O3. The van der Waals surface area contributed by atoms with Crippen molar-refractivity contribution >= 4 is 34.5 Å². The van der Waals surface area contributed by atoms with Crippen molar-refractivity contribution in [2.75, 3.05) is 54.5 Å². The zero-order valence-electron chi connectivity index (χ0n) is 16.6. The Hall–Kier alpha value is -3.17. The number of fused-ring (bicyclic) bond motifs is 1. The van der Waals surface area contributed by atoms with E-state index in [1.54, 1.807) is 12.1 Å². The lowest BCUT2D eigenvalue weighted by Gasteiger charge is -2.24. The molecule has 4 heterocycles. The van der Waals surface area contributed by atoms with Crippen LogP contribution in [0.25, 0.3) is 11.1 Å². The summed E-state index contributed by atoms with van der Waals surface area (Å²) < 4.78 is 11.3. The number of benzene rings is 1. The molecule has 3 N–H and O–H groups in total. The maximum Gasteiger partial charge on any atom is 0.298 e. The molecule has 1 atom stereocenters. The molecule has 5 rings (SSSR count). The number of hydrogen-bond acceptors (Lipinski definition) is 8. The number of carbonyl (C=O) groups is 1. The molecule has 1 aromatic carbocycles. The summed E-state index contributed by atoms with van der Waals surface area (Å²) in [6.07, 6.45) is 0.932. The summed E-state index contributed by atoms with van der Waals surface area (Å²) in [5.74, 6) is 0.504. The number of hydrogen-bond donors (Lipinski definition) is 2. The summed E-state index contributed by atoms with van der Waals surface area (Å²) in [4.78, 5) is 26.0. The van der Waals surface area contributed by atoms with E-state index in [0.29, 0.717) is 36.2 Å². The monoisotopic (exact) mass is 408 g/mol. The fourth-order valence-electron chi connectivity index (χ4n) is 3.80. The molecule has 0 saturated carbocycles. The van der Waals surface area contributed by atoms with Crippen LogP contribution in [-0.2, 0) is 4.74 Å². The molecule has 2 aliphatic rings. The summed E-state index contributed by atoms with van der Waals surface area (Å²) in [6.45, 7) is 4.43. The van der Waals surface area contributed by atoms with Crippen LogP contribution in [0.15, 0.2) is 40.8 Å². The highest BCUT2D eigenvalue weighted by Gasteiger charge is 2.21. The third-order valence-corrected chi connectivity index (χ3v) is 5.43. The maximum absolute atomic E-state index is 12.7. The largest absolute Gasteiger partial charge is 0.423 e. The first kappa shape index (κ1) is 18.8. The minimum Gasteiger partial charge on any atom is -0.423 e. The number of pyridine rings is 1. The van der Waals surface area contributed by atoms with Gasteiger partial charge in [-0.05, 0) is 30.7 Å². The van der Waals surface area contributed by atoms with Gasteiger partial charge in [-0.3, -0.25) is 4.79 Å². The number of ether oxygens (including phenoxy) is 1. The van der Waals surface area contributed by atoms with Gasteiger partial charge in [-0.25, -0.2) is 4.98 Å². The number of aromatic nitrogens is 2. The van der Waals surface area contributed by atoms with Gasteiger partial charge in [0, 0.05) is 44.0 Å². The quantitative estimate of drug-likeness (QED) is 0.673. The van der Waals surface area contributed by atoms with Crippen molar-refractivity contribution in [3.63, 3.8) is 0 Å². The Morgan fingerprint density at radius 2 is 1.97 bits per heavy atom. The van der Waals surface area contributed by atoms with Gasteiger partial charge in [-0.1, -0.05) is 6.07 Å². The van der Waals surface area contributed by atoms with Crippen molar-refractivity contribution in [1.29, 1.82) is 0 Å².